The summed E-state index contributed by atoms with van der Waals surface area (Å²) in [4.78, 5) is 2.66. The zero-order chi connectivity index (χ0) is 12.8. The first-order valence-corrected chi connectivity index (χ1v) is 7.98. The van der Waals surface area contributed by atoms with Crippen molar-refractivity contribution >= 4 is 0 Å². The molecule has 2 heteroatoms. The van der Waals surface area contributed by atoms with Crippen LogP contribution in [0.15, 0.2) is 0 Å². The number of likely N-dealkylation sites (tertiary alicyclic amines) is 1. The highest BCUT2D eigenvalue weighted by Crippen LogP contribution is 2.41. The first-order chi connectivity index (χ1) is 8.56. The van der Waals surface area contributed by atoms with Crippen molar-refractivity contribution in [2.75, 3.05) is 13.1 Å². The molecule has 4 atom stereocenters. The third-order valence-electron chi connectivity index (χ3n) is 5.83. The number of aliphatic hydroxyl groups excluding tert-OH is 1. The highest BCUT2D eigenvalue weighted by Gasteiger charge is 2.43. The first kappa shape index (κ1) is 12.9. The lowest BCUT2D eigenvalue weighted by Gasteiger charge is -2.50. The maximum absolute atomic E-state index is 10.7. The van der Waals surface area contributed by atoms with Crippen LogP contribution in [0.3, 0.4) is 0 Å². The minimum Gasteiger partial charge on any atom is -0.391 e. The SMILES string of the molecule is CC1(C)CCCC(N2CC3CCCC(C3)C2)C1O. The first-order valence-electron chi connectivity index (χ1n) is 7.98. The number of piperidine rings is 1. The molecule has 18 heavy (non-hydrogen) atoms. The molecule has 1 aliphatic heterocycles. The number of fused-ring (bicyclic) bond motifs is 2. The number of hydrogen-bond donors (Lipinski definition) is 1. The van der Waals surface area contributed by atoms with Crippen LogP contribution in [0.4, 0.5) is 0 Å². The van der Waals surface area contributed by atoms with Crippen molar-refractivity contribution in [3.63, 3.8) is 0 Å². The summed E-state index contributed by atoms with van der Waals surface area (Å²) in [6.07, 6.45) is 9.34. The maximum atomic E-state index is 10.7. The molecule has 0 aromatic carbocycles. The van der Waals surface area contributed by atoms with E-state index in [-0.39, 0.29) is 11.5 Å². The summed E-state index contributed by atoms with van der Waals surface area (Å²) >= 11 is 0. The number of aliphatic hydroxyl groups is 1. The largest absolute Gasteiger partial charge is 0.391 e. The molecule has 0 aromatic heterocycles. The van der Waals surface area contributed by atoms with Gasteiger partial charge >= 0.3 is 0 Å². The topological polar surface area (TPSA) is 23.5 Å². The van der Waals surface area contributed by atoms with Crippen LogP contribution >= 0.6 is 0 Å². The van der Waals surface area contributed by atoms with E-state index in [0.29, 0.717) is 6.04 Å². The molecule has 2 aliphatic carbocycles. The Labute approximate surface area is 112 Å². The summed E-state index contributed by atoms with van der Waals surface area (Å²) in [5.74, 6) is 1.85. The molecule has 2 saturated carbocycles. The van der Waals surface area contributed by atoms with E-state index in [1.165, 1.54) is 58.0 Å². The molecule has 0 radical (unpaired) electrons. The Hall–Kier alpha value is -0.0800. The molecule has 2 bridgehead atoms. The molecule has 4 unspecified atom stereocenters. The molecule has 3 fully saturated rings. The Morgan fingerprint density at radius 3 is 2.33 bits per heavy atom. The van der Waals surface area contributed by atoms with Gasteiger partial charge in [-0.2, -0.15) is 0 Å². The zero-order valence-electron chi connectivity index (χ0n) is 12.1. The van der Waals surface area contributed by atoms with Crippen LogP contribution in [0.2, 0.25) is 0 Å². The highest BCUT2D eigenvalue weighted by atomic mass is 16.3. The quantitative estimate of drug-likeness (QED) is 0.774. The molecule has 0 amide bonds. The molecular formula is C16H29NO. The van der Waals surface area contributed by atoms with Crippen molar-refractivity contribution in [3.05, 3.63) is 0 Å². The molecule has 1 N–H and O–H groups in total. The van der Waals surface area contributed by atoms with Crippen LogP contribution in [0.5, 0.6) is 0 Å². The van der Waals surface area contributed by atoms with Crippen molar-refractivity contribution in [2.45, 2.75) is 70.9 Å². The summed E-state index contributed by atoms with van der Waals surface area (Å²) in [5, 5.41) is 10.7. The van der Waals surface area contributed by atoms with Crippen molar-refractivity contribution in [3.8, 4) is 0 Å². The fourth-order valence-electron chi connectivity index (χ4n) is 4.72. The van der Waals surface area contributed by atoms with Gasteiger partial charge in [-0.25, -0.2) is 0 Å². The Bertz CT molecular complexity index is 289. The van der Waals surface area contributed by atoms with Gasteiger partial charge in [0.1, 0.15) is 0 Å². The second-order valence-electron chi connectivity index (χ2n) is 7.75. The van der Waals surface area contributed by atoms with E-state index in [0.717, 1.165) is 11.8 Å². The molecule has 2 nitrogen and oxygen atoms in total. The van der Waals surface area contributed by atoms with Crippen LogP contribution in [-0.4, -0.2) is 35.2 Å². The number of rotatable bonds is 1. The van der Waals surface area contributed by atoms with Crippen LogP contribution in [0.25, 0.3) is 0 Å². The monoisotopic (exact) mass is 251 g/mol. The van der Waals surface area contributed by atoms with Crippen LogP contribution in [0.1, 0.15) is 58.8 Å². The van der Waals surface area contributed by atoms with Gasteiger partial charge in [0.25, 0.3) is 0 Å². The third kappa shape index (κ3) is 2.34. The summed E-state index contributed by atoms with van der Waals surface area (Å²) in [6.45, 7) is 7.01. The lowest BCUT2D eigenvalue weighted by Crippen LogP contribution is -2.56. The van der Waals surface area contributed by atoms with Crippen molar-refractivity contribution in [1.82, 2.24) is 4.90 Å². The van der Waals surface area contributed by atoms with Gasteiger partial charge in [-0.3, -0.25) is 4.90 Å². The molecule has 104 valence electrons. The van der Waals surface area contributed by atoms with Crippen LogP contribution in [0, 0.1) is 17.3 Å². The van der Waals surface area contributed by atoms with Gasteiger partial charge in [0.15, 0.2) is 0 Å². The van der Waals surface area contributed by atoms with Crippen molar-refractivity contribution in [2.24, 2.45) is 17.3 Å². The fourth-order valence-corrected chi connectivity index (χ4v) is 4.72. The van der Waals surface area contributed by atoms with Gasteiger partial charge in [0, 0.05) is 19.1 Å². The van der Waals surface area contributed by atoms with E-state index in [4.69, 9.17) is 0 Å². The van der Waals surface area contributed by atoms with E-state index in [2.05, 4.69) is 18.7 Å². The third-order valence-corrected chi connectivity index (χ3v) is 5.83. The highest BCUT2D eigenvalue weighted by molar-refractivity contribution is 4.96. The molecule has 3 aliphatic rings. The van der Waals surface area contributed by atoms with Gasteiger partial charge < -0.3 is 5.11 Å². The Balaban J connectivity index is 1.70. The van der Waals surface area contributed by atoms with Crippen molar-refractivity contribution in [1.29, 1.82) is 0 Å². The summed E-state index contributed by atoms with van der Waals surface area (Å²) in [5.41, 5.74) is 0.121. The molecule has 0 aromatic rings. The van der Waals surface area contributed by atoms with E-state index in [1.54, 1.807) is 0 Å². The molecular weight excluding hydrogens is 222 g/mol. The molecule has 1 heterocycles. The summed E-state index contributed by atoms with van der Waals surface area (Å²) in [7, 11) is 0. The van der Waals surface area contributed by atoms with Gasteiger partial charge in [-0.15, -0.1) is 0 Å². The second kappa shape index (κ2) is 4.79. The predicted octanol–water partition coefficient (Wildman–Crippen LogP) is 3.05. The Morgan fingerprint density at radius 1 is 1.00 bits per heavy atom. The second-order valence-corrected chi connectivity index (χ2v) is 7.75. The maximum Gasteiger partial charge on any atom is 0.0746 e. The average Bonchev–Trinajstić information content (AvgIpc) is 2.32. The lowest BCUT2D eigenvalue weighted by atomic mass is 9.70. The van der Waals surface area contributed by atoms with Crippen LogP contribution in [-0.2, 0) is 0 Å². The van der Waals surface area contributed by atoms with E-state index in [9.17, 15) is 5.11 Å². The number of nitrogens with zero attached hydrogens (tertiary/aromatic N) is 1. The summed E-state index contributed by atoms with van der Waals surface area (Å²) in [6, 6.07) is 0.442. The predicted molar refractivity (Wildman–Crippen MR) is 74.4 cm³/mol. The normalized spacial score (nSPS) is 44.8. The summed E-state index contributed by atoms with van der Waals surface area (Å²) < 4.78 is 0. The Morgan fingerprint density at radius 2 is 1.67 bits per heavy atom. The minimum atomic E-state index is -0.120. The van der Waals surface area contributed by atoms with Gasteiger partial charge in [-0.1, -0.05) is 26.7 Å². The smallest absolute Gasteiger partial charge is 0.0746 e. The average molecular weight is 251 g/mol. The van der Waals surface area contributed by atoms with E-state index >= 15 is 0 Å². The molecule has 0 spiro atoms. The molecule has 3 rings (SSSR count). The van der Waals surface area contributed by atoms with Gasteiger partial charge in [0.2, 0.25) is 0 Å². The van der Waals surface area contributed by atoms with Crippen molar-refractivity contribution < 1.29 is 5.11 Å². The van der Waals surface area contributed by atoms with Gasteiger partial charge in [0.05, 0.1) is 6.10 Å². The minimum absolute atomic E-state index is 0.120. The fraction of sp³-hybridized carbons (Fsp3) is 1.00. The molecule has 1 saturated heterocycles. The Kier molecular flexibility index (Phi) is 3.44. The zero-order valence-corrected chi connectivity index (χ0v) is 12.1. The lowest BCUT2D eigenvalue weighted by molar-refractivity contribution is -0.0784. The van der Waals surface area contributed by atoms with Gasteiger partial charge in [-0.05, 0) is 49.4 Å². The van der Waals surface area contributed by atoms with E-state index in [1.807, 2.05) is 0 Å². The van der Waals surface area contributed by atoms with Crippen LogP contribution < -0.4 is 0 Å². The van der Waals surface area contributed by atoms with E-state index < -0.39 is 0 Å². The standard InChI is InChI=1S/C16H29NO/c1-16(2)8-4-7-14(15(16)18)17-10-12-5-3-6-13(9-12)11-17/h12-15,18H,3-11H2,1-2H3. The number of hydrogen-bond acceptors (Lipinski definition) is 2.